The van der Waals surface area contributed by atoms with Gasteiger partial charge in [0.2, 0.25) is 5.01 Å². The van der Waals surface area contributed by atoms with Crippen LogP contribution in [0.15, 0.2) is 18.0 Å². The highest BCUT2D eigenvalue weighted by molar-refractivity contribution is 7.11. The zero-order valence-electron chi connectivity index (χ0n) is 10.4. The molecule has 0 radical (unpaired) electrons. The van der Waals surface area contributed by atoms with Gasteiger partial charge in [-0.15, -0.1) is 17.9 Å². The number of thiazole rings is 1. The Hall–Kier alpha value is -1.69. The van der Waals surface area contributed by atoms with Crippen molar-refractivity contribution in [1.82, 2.24) is 10.3 Å². The summed E-state index contributed by atoms with van der Waals surface area (Å²) in [4.78, 5) is 27.1. The third-order valence-corrected chi connectivity index (χ3v) is 2.91. The number of ether oxygens (including phenoxy) is 1. The van der Waals surface area contributed by atoms with Crippen molar-refractivity contribution in [3.05, 3.63) is 28.7 Å². The van der Waals surface area contributed by atoms with Gasteiger partial charge in [-0.1, -0.05) is 6.08 Å². The van der Waals surface area contributed by atoms with E-state index in [1.165, 1.54) is 0 Å². The van der Waals surface area contributed by atoms with Crippen LogP contribution in [0.3, 0.4) is 0 Å². The third kappa shape index (κ3) is 3.96. The Morgan fingerprint density at radius 2 is 2.39 bits per heavy atom. The Bertz CT molecular complexity index is 442. The smallest absolute Gasteiger partial charge is 0.367 e. The molecule has 0 bridgehead atoms. The maximum atomic E-state index is 11.8. The van der Waals surface area contributed by atoms with E-state index in [4.69, 9.17) is 4.74 Å². The van der Waals surface area contributed by atoms with E-state index in [-0.39, 0.29) is 29.3 Å². The second-order valence-electron chi connectivity index (χ2n) is 3.66. The molecule has 0 spiro atoms. The minimum atomic E-state index is -0.499. The van der Waals surface area contributed by atoms with Gasteiger partial charge in [-0.2, -0.15) is 0 Å². The average molecular weight is 268 g/mol. The SMILES string of the molecule is C=CCC(C)NC(=O)c1csc(C(=O)OCC)n1. The van der Waals surface area contributed by atoms with Crippen LogP contribution in [-0.2, 0) is 4.74 Å². The number of nitrogens with zero attached hydrogens (tertiary/aromatic N) is 1. The molecule has 18 heavy (non-hydrogen) atoms. The second kappa shape index (κ2) is 6.90. The Balaban J connectivity index is 2.64. The molecule has 0 saturated heterocycles. The van der Waals surface area contributed by atoms with Crippen molar-refractivity contribution in [2.24, 2.45) is 0 Å². The molecule has 1 rings (SSSR count). The number of hydrogen-bond donors (Lipinski definition) is 1. The van der Waals surface area contributed by atoms with E-state index in [1.807, 2.05) is 6.92 Å². The van der Waals surface area contributed by atoms with Crippen LogP contribution in [0.25, 0.3) is 0 Å². The topological polar surface area (TPSA) is 68.3 Å². The van der Waals surface area contributed by atoms with Crippen molar-refractivity contribution in [3.8, 4) is 0 Å². The number of carbonyl (C=O) groups is 2. The van der Waals surface area contributed by atoms with Crippen LogP contribution in [0, 0.1) is 0 Å². The van der Waals surface area contributed by atoms with Crippen molar-refractivity contribution in [1.29, 1.82) is 0 Å². The quantitative estimate of drug-likeness (QED) is 0.633. The molecule has 1 N–H and O–H groups in total. The molecule has 1 amide bonds. The van der Waals surface area contributed by atoms with Gasteiger partial charge in [0.25, 0.3) is 5.91 Å². The third-order valence-electron chi connectivity index (χ3n) is 2.08. The van der Waals surface area contributed by atoms with Crippen LogP contribution < -0.4 is 5.32 Å². The van der Waals surface area contributed by atoms with Crippen molar-refractivity contribution in [2.45, 2.75) is 26.3 Å². The number of hydrogen-bond acceptors (Lipinski definition) is 5. The normalized spacial score (nSPS) is 11.7. The van der Waals surface area contributed by atoms with E-state index >= 15 is 0 Å². The van der Waals surface area contributed by atoms with E-state index in [0.717, 1.165) is 11.3 Å². The fourth-order valence-electron chi connectivity index (χ4n) is 1.27. The Morgan fingerprint density at radius 1 is 1.67 bits per heavy atom. The largest absolute Gasteiger partial charge is 0.461 e. The summed E-state index contributed by atoms with van der Waals surface area (Å²) in [7, 11) is 0. The number of esters is 1. The standard InChI is InChI=1S/C12H16N2O3S/c1-4-6-8(3)13-10(15)9-7-18-11(14-9)12(16)17-5-2/h4,7-8H,1,5-6H2,2-3H3,(H,13,15). The van der Waals surface area contributed by atoms with Crippen LogP contribution in [-0.4, -0.2) is 29.5 Å². The molecular formula is C12H16N2O3S. The summed E-state index contributed by atoms with van der Waals surface area (Å²) in [6.07, 6.45) is 2.41. The van der Waals surface area contributed by atoms with Gasteiger partial charge in [0.15, 0.2) is 0 Å². The number of aromatic nitrogens is 1. The first-order valence-corrected chi connectivity index (χ1v) is 6.50. The van der Waals surface area contributed by atoms with E-state index in [0.29, 0.717) is 6.42 Å². The lowest BCUT2D eigenvalue weighted by atomic mass is 10.2. The van der Waals surface area contributed by atoms with Crippen molar-refractivity contribution in [2.75, 3.05) is 6.61 Å². The summed E-state index contributed by atoms with van der Waals surface area (Å²) in [5, 5.41) is 4.50. The highest BCUT2D eigenvalue weighted by Gasteiger charge is 2.17. The average Bonchev–Trinajstić information content (AvgIpc) is 2.78. The molecule has 6 heteroatoms. The van der Waals surface area contributed by atoms with Gasteiger partial charge in [-0.25, -0.2) is 9.78 Å². The molecule has 5 nitrogen and oxygen atoms in total. The van der Waals surface area contributed by atoms with Gasteiger partial charge in [-0.05, 0) is 20.3 Å². The lowest BCUT2D eigenvalue weighted by Crippen LogP contribution is -2.32. The van der Waals surface area contributed by atoms with E-state index in [9.17, 15) is 9.59 Å². The first-order chi connectivity index (χ1) is 8.58. The first kappa shape index (κ1) is 14.4. The number of amides is 1. The van der Waals surface area contributed by atoms with Crippen molar-refractivity contribution in [3.63, 3.8) is 0 Å². The molecule has 1 heterocycles. The molecule has 0 aliphatic carbocycles. The fraction of sp³-hybridized carbons (Fsp3) is 0.417. The lowest BCUT2D eigenvalue weighted by molar-refractivity contribution is 0.0526. The molecule has 0 fully saturated rings. The number of nitrogens with one attached hydrogen (secondary N) is 1. The summed E-state index contributed by atoms with van der Waals surface area (Å²) in [5.41, 5.74) is 0.235. The van der Waals surface area contributed by atoms with Crippen LogP contribution >= 0.6 is 11.3 Å². The van der Waals surface area contributed by atoms with Gasteiger partial charge in [0, 0.05) is 11.4 Å². The highest BCUT2D eigenvalue weighted by Crippen LogP contribution is 2.11. The summed E-state index contributed by atoms with van der Waals surface area (Å²) in [5.74, 6) is -0.795. The molecule has 0 aliphatic heterocycles. The minimum absolute atomic E-state index is 0.0113. The monoisotopic (exact) mass is 268 g/mol. The fourth-order valence-corrected chi connectivity index (χ4v) is 1.96. The predicted molar refractivity (Wildman–Crippen MR) is 69.8 cm³/mol. The molecule has 0 saturated carbocycles. The maximum Gasteiger partial charge on any atom is 0.367 e. The molecular weight excluding hydrogens is 252 g/mol. The molecule has 1 aromatic rings. The van der Waals surface area contributed by atoms with Crippen LogP contribution in [0.1, 0.15) is 40.6 Å². The predicted octanol–water partition coefficient (Wildman–Crippen LogP) is 2.01. The molecule has 1 aromatic heterocycles. The van der Waals surface area contributed by atoms with Crippen LogP contribution in [0.2, 0.25) is 0 Å². The summed E-state index contributed by atoms with van der Waals surface area (Å²) < 4.78 is 4.80. The number of carbonyl (C=O) groups excluding carboxylic acids is 2. The molecule has 1 unspecified atom stereocenters. The Morgan fingerprint density at radius 3 is 3.00 bits per heavy atom. The zero-order valence-corrected chi connectivity index (χ0v) is 11.3. The summed E-state index contributed by atoms with van der Waals surface area (Å²) in [6.45, 7) is 7.48. The van der Waals surface area contributed by atoms with Crippen LogP contribution in [0.4, 0.5) is 0 Å². The molecule has 98 valence electrons. The van der Waals surface area contributed by atoms with Gasteiger partial charge in [-0.3, -0.25) is 4.79 Å². The lowest BCUT2D eigenvalue weighted by Gasteiger charge is -2.09. The van der Waals surface area contributed by atoms with E-state index < -0.39 is 5.97 Å². The van der Waals surface area contributed by atoms with Crippen LogP contribution in [0.5, 0.6) is 0 Å². The highest BCUT2D eigenvalue weighted by atomic mass is 32.1. The molecule has 1 atom stereocenters. The summed E-state index contributed by atoms with van der Waals surface area (Å²) >= 11 is 1.10. The minimum Gasteiger partial charge on any atom is -0.461 e. The second-order valence-corrected chi connectivity index (χ2v) is 4.52. The van der Waals surface area contributed by atoms with Gasteiger partial charge in [0.05, 0.1) is 6.61 Å². The van der Waals surface area contributed by atoms with E-state index in [1.54, 1.807) is 18.4 Å². The van der Waals surface area contributed by atoms with Crippen molar-refractivity contribution >= 4 is 23.2 Å². The summed E-state index contributed by atoms with van der Waals surface area (Å²) in [6, 6.07) is -0.0113. The maximum absolute atomic E-state index is 11.8. The Kier molecular flexibility index (Phi) is 5.51. The Labute approximate surface area is 110 Å². The van der Waals surface area contributed by atoms with Gasteiger partial charge < -0.3 is 10.1 Å². The molecule has 0 aromatic carbocycles. The number of rotatable bonds is 6. The first-order valence-electron chi connectivity index (χ1n) is 5.62. The van der Waals surface area contributed by atoms with E-state index in [2.05, 4.69) is 16.9 Å². The van der Waals surface area contributed by atoms with Crippen molar-refractivity contribution < 1.29 is 14.3 Å². The van der Waals surface area contributed by atoms with Gasteiger partial charge in [0.1, 0.15) is 5.69 Å². The zero-order chi connectivity index (χ0) is 13.5. The molecule has 0 aliphatic rings. The van der Waals surface area contributed by atoms with Gasteiger partial charge >= 0.3 is 5.97 Å².